The number of methoxy groups -OCH3 is 3. The summed E-state index contributed by atoms with van der Waals surface area (Å²) in [5, 5.41) is 0. The summed E-state index contributed by atoms with van der Waals surface area (Å²) in [6, 6.07) is 2.50. The molecular formula is C18H25NO8S. The molecule has 1 amide bonds. The number of hydrogen-bond acceptors (Lipinski definition) is 8. The number of ether oxygens (including phenoxy) is 4. The smallest absolute Gasteiger partial charge is 0.342 e. The molecule has 9 nitrogen and oxygen atoms in total. The molecule has 1 aromatic rings. The lowest BCUT2D eigenvalue weighted by Crippen LogP contribution is -2.43. The molecule has 0 aromatic heterocycles. The highest BCUT2D eigenvalue weighted by Gasteiger charge is 2.34. The SMILES string of the molecule is CCN(C(=O)COC(=O)c1cc(OC)c(OC)cc1OC)[C@@H]1CCS(=O)(=O)C1. The molecule has 0 aliphatic carbocycles. The van der Waals surface area contributed by atoms with Crippen LogP contribution in [0.15, 0.2) is 12.1 Å². The number of benzene rings is 1. The fourth-order valence-electron chi connectivity index (χ4n) is 3.14. The molecule has 10 heteroatoms. The number of likely N-dealkylation sites (N-methyl/N-ethyl adjacent to an activating group) is 1. The van der Waals surface area contributed by atoms with Crippen LogP contribution in [0.2, 0.25) is 0 Å². The van der Waals surface area contributed by atoms with Crippen molar-refractivity contribution in [3.63, 3.8) is 0 Å². The standard InChI is InChI=1S/C18H25NO8S/c1-5-19(12-6-7-28(22,23)11-12)17(20)10-27-18(21)13-8-15(25-3)16(26-4)9-14(13)24-2/h8-9,12H,5-7,10-11H2,1-4H3/t12-/m1/s1. The van der Waals surface area contributed by atoms with Crippen molar-refractivity contribution in [3.05, 3.63) is 17.7 Å². The second-order valence-electron chi connectivity index (χ2n) is 6.22. The first kappa shape index (κ1) is 21.8. The van der Waals surface area contributed by atoms with E-state index in [1.807, 2.05) is 0 Å². The quantitative estimate of drug-likeness (QED) is 0.577. The van der Waals surface area contributed by atoms with Gasteiger partial charge in [0, 0.05) is 24.7 Å². The monoisotopic (exact) mass is 415 g/mol. The first-order valence-corrected chi connectivity index (χ1v) is 10.6. The van der Waals surface area contributed by atoms with Gasteiger partial charge in [0.25, 0.3) is 5.91 Å². The Hall–Kier alpha value is -2.49. The predicted octanol–water partition coefficient (Wildman–Crippen LogP) is 0.905. The average molecular weight is 415 g/mol. The maximum Gasteiger partial charge on any atom is 0.342 e. The Kier molecular flexibility index (Phi) is 7.11. The van der Waals surface area contributed by atoms with Crippen molar-refractivity contribution >= 4 is 21.7 Å². The van der Waals surface area contributed by atoms with Crippen LogP contribution in [0.25, 0.3) is 0 Å². The molecule has 0 bridgehead atoms. The van der Waals surface area contributed by atoms with Crippen LogP contribution in [0.3, 0.4) is 0 Å². The van der Waals surface area contributed by atoms with Gasteiger partial charge in [-0.25, -0.2) is 13.2 Å². The van der Waals surface area contributed by atoms with Crippen LogP contribution in [0.4, 0.5) is 0 Å². The Morgan fingerprint density at radius 1 is 1.07 bits per heavy atom. The third kappa shape index (κ3) is 4.86. The minimum Gasteiger partial charge on any atom is -0.496 e. The van der Waals surface area contributed by atoms with Crippen LogP contribution >= 0.6 is 0 Å². The van der Waals surface area contributed by atoms with Crippen LogP contribution in [0.1, 0.15) is 23.7 Å². The molecule has 1 aliphatic heterocycles. The lowest BCUT2D eigenvalue weighted by Gasteiger charge is -2.26. The van der Waals surface area contributed by atoms with Crippen LogP contribution < -0.4 is 14.2 Å². The van der Waals surface area contributed by atoms with Crippen molar-refractivity contribution in [1.29, 1.82) is 0 Å². The molecule has 1 aromatic carbocycles. The number of amides is 1. The van der Waals surface area contributed by atoms with Crippen LogP contribution in [-0.4, -0.2) is 77.2 Å². The number of carbonyl (C=O) groups excluding carboxylic acids is 2. The molecule has 0 unspecified atom stereocenters. The predicted molar refractivity (Wildman–Crippen MR) is 101 cm³/mol. The van der Waals surface area contributed by atoms with E-state index in [0.29, 0.717) is 24.5 Å². The number of nitrogens with zero attached hydrogens (tertiary/aromatic N) is 1. The fraction of sp³-hybridized carbons (Fsp3) is 0.556. The molecule has 0 spiro atoms. The van der Waals surface area contributed by atoms with E-state index in [1.54, 1.807) is 6.92 Å². The van der Waals surface area contributed by atoms with Gasteiger partial charge in [0.2, 0.25) is 0 Å². The van der Waals surface area contributed by atoms with Gasteiger partial charge in [-0.2, -0.15) is 0 Å². The van der Waals surface area contributed by atoms with Crippen molar-refractivity contribution in [2.24, 2.45) is 0 Å². The summed E-state index contributed by atoms with van der Waals surface area (Å²) in [7, 11) is 1.15. The fourth-order valence-corrected chi connectivity index (χ4v) is 4.87. The van der Waals surface area contributed by atoms with E-state index in [2.05, 4.69) is 0 Å². The van der Waals surface area contributed by atoms with Crippen molar-refractivity contribution in [3.8, 4) is 17.2 Å². The molecule has 1 atom stereocenters. The largest absolute Gasteiger partial charge is 0.496 e. The van der Waals surface area contributed by atoms with Crippen LogP contribution in [-0.2, 0) is 19.4 Å². The highest BCUT2D eigenvalue weighted by Crippen LogP contribution is 2.35. The normalized spacial score (nSPS) is 17.6. The van der Waals surface area contributed by atoms with Gasteiger partial charge in [-0.3, -0.25) is 4.79 Å². The summed E-state index contributed by atoms with van der Waals surface area (Å²) in [5.74, 6) is -0.309. The molecular weight excluding hydrogens is 390 g/mol. The summed E-state index contributed by atoms with van der Waals surface area (Å²) in [4.78, 5) is 26.4. The zero-order valence-electron chi connectivity index (χ0n) is 16.4. The molecule has 0 radical (unpaired) electrons. The molecule has 1 fully saturated rings. The minimum atomic E-state index is -3.13. The first-order valence-electron chi connectivity index (χ1n) is 8.73. The highest BCUT2D eigenvalue weighted by atomic mass is 32.2. The summed E-state index contributed by atoms with van der Waals surface area (Å²) >= 11 is 0. The van der Waals surface area contributed by atoms with Gasteiger partial charge in [0.05, 0.1) is 32.8 Å². The zero-order chi connectivity index (χ0) is 20.9. The minimum absolute atomic E-state index is 0.0596. The molecule has 0 N–H and O–H groups in total. The maximum atomic E-state index is 12.5. The highest BCUT2D eigenvalue weighted by molar-refractivity contribution is 7.91. The van der Waals surface area contributed by atoms with E-state index < -0.39 is 34.4 Å². The van der Waals surface area contributed by atoms with E-state index in [4.69, 9.17) is 18.9 Å². The van der Waals surface area contributed by atoms with Gasteiger partial charge in [-0.05, 0) is 13.3 Å². The Balaban J connectivity index is 2.09. The summed E-state index contributed by atoms with van der Waals surface area (Å²) in [6.07, 6.45) is 0.388. The molecule has 28 heavy (non-hydrogen) atoms. The number of sulfone groups is 1. The van der Waals surface area contributed by atoms with Crippen LogP contribution in [0.5, 0.6) is 17.2 Å². The lowest BCUT2D eigenvalue weighted by molar-refractivity contribution is -0.136. The Bertz CT molecular complexity index is 836. The number of esters is 1. The van der Waals surface area contributed by atoms with Crippen LogP contribution in [0, 0.1) is 0 Å². The number of hydrogen-bond donors (Lipinski definition) is 0. The topological polar surface area (TPSA) is 108 Å². The average Bonchev–Trinajstić information content (AvgIpc) is 3.04. The zero-order valence-corrected chi connectivity index (χ0v) is 17.2. The van der Waals surface area contributed by atoms with Gasteiger partial charge in [0.1, 0.15) is 11.3 Å². The molecule has 1 aliphatic rings. The van der Waals surface area contributed by atoms with E-state index in [1.165, 1.54) is 38.4 Å². The molecule has 1 saturated heterocycles. The maximum absolute atomic E-state index is 12.5. The molecule has 156 valence electrons. The Morgan fingerprint density at radius 2 is 1.68 bits per heavy atom. The van der Waals surface area contributed by atoms with E-state index in [-0.39, 0.29) is 22.8 Å². The summed E-state index contributed by atoms with van der Waals surface area (Å²) in [6.45, 7) is 1.58. The van der Waals surface area contributed by atoms with Crippen molar-refractivity contribution < 1.29 is 37.0 Å². The van der Waals surface area contributed by atoms with Gasteiger partial charge in [0.15, 0.2) is 27.9 Å². The third-order valence-electron chi connectivity index (χ3n) is 4.56. The van der Waals surface area contributed by atoms with Gasteiger partial charge in [-0.1, -0.05) is 0 Å². The first-order chi connectivity index (χ1) is 13.3. The number of carbonyl (C=O) groups is 2. The lowest BCUT2D eigenvalue weighted by atomic mass is 10.1. The molecule has 2 rings (SSSR count). The van der Waals surface area contributed by atoms with E-state index >= 15 is 0 Å². The van der Waals surface area contributed by atoms with Gasteiger partial charge >= 0.3 is 5.97 Å². The second kappa shape index (κ2) is 9.13. The van der Waals surface area contributed by atoms with Gasteiger partial charge < -0.3 is 23.8 Å². The molecule has 0 saturated carbocycles. The van der Waals surface area contributed by atoms with E-state index in [9.17, 15) is 18.0 Å². The third-order valence-corrected chi connectivity index (χ3v) is 6.31. The van der Waals surface area contributed by atoms with E-state index in [0.717, 1.165) is 0 Å². The Labute approximate surface area is 164 Å². The summed E-state index contributed by atoms with van der Waals surface area (Å²) in [5.41, 5.74) is 0.0828. The van der Waals surface area contributed by atoms with Crippen molar-refractivity contribution in [2.45, 2.75) is 19.4 Å². The van der Waals surface area contributed by atoms with Crippen molar-refractivity contribution in [1.82, 2.24) is 4.90 Å². The van der Waals surface area contributed by atoms with Crippen molar-refractivity contribution in [2.75, 3.05) is 46.0 Å². The Morgan fingerprint density at radius 3 is 2.18 bits per heavy atom. The second-order valence-corrected chi connectivity index (χ2v) is 8.45. The molecule has 1 heterocycles. The number of rotatable bonds is 8. The van der Waals surface area contributed by atoms with Gasteiger partial charge in [-0.15, -0.1) is 0 Å². The summed E-state index contributed by atoms with van der Waals surface area (Å²) < 4.78 is 44.0.